The van der Waals surface area contributed by atoms with Gasteiger partial charge in [0.15, 0.2) is 11.5 Å². The van der Waals surface area contributed by atoms with Crippen molar-refractivity contribution in [3.05, 3.63) is 141 Å². The number of anilines is 3. The third-order valence-corrected chi connectivity index (χ3v) is 20.0. The van der Waals surface area contributed by atoms with Crippen LogP contribution >= 0.6 is 21.6 Å². The Morgan fingerprint density at radius 2 is 1.39 bits per heavy atom. The first-order chi connectivity index (χ1) is 35.5. The quantitative estimate of drug-likeness (QED) is 0.0415. The first kappa shape index (κ1) is 53.0. The Morgan fingerprint density at radius 1 is 0.757 bits per heavy atom. The SMILES string of the molecule is CCC(=O)CCCSSC(C)(C)CCC(=O)N(C)c1cc(COc2cc3c(cc2C)C(=O)N2c4ccccc4C[C@H]2C(S(=O)(=O)OC)C3)cc(COc2cc3c(cc2OC)C(=O)N2c4ccccc4C[C@H]2CC3)c1. The molecule has 0 bridgehead atoms. The second-order valence-electron chi connectivity index (χ2n) is 20.3. The first-order valence-electron chi connectivity index (χ1n) is 25.4. The van der Waals surface area contributed by atoms with Gasteiger partial charge in [0.25, 0.3) is 21.9 Å². The highest BCUT2D eigenvalue weighted by Crippen LogP contribution is 2.44. The van der Waals surface area contributed by atoms with Crippen LogP contribution in [0.25, 0.3) is 0 Å². The van der Waals surface area contributed by atoms with Crippen LogP contribution in [0.5, 0.6) is 17.2 Å². The maximum absolute atomic E-state index is 14.4. The summed E-state index contributed by atoms with van der Waals surface area (Å²) in [6.07, 6.45) is 5.69. The zero-order chi connectivity index (χ0) is 52.5. The normalized spacial score (nSPS) is 17.8. The van der Waals surface area contributed by atoms with E-state index in [2.05, 4.69) is 19.9 Å². The number of hydrogen-bond acceptors (Lipinski definition) is 12. The number of para-hydroxylation sites is 2. The maximum atomic E-state index is 14.4. The van der Waals surface area contributed by atoms with Gasteiger partial charge >= 0.3 is 0 Å². The average Bonchev–Trinajstić information content (AvgIpc) is 3.91. The molecule has 5 aromatic rings. The number of rotatable bonds is 20. The molecule has 3 atom stereocenters. The van der Waals surface area contributed by atoms with Gasteiger partial charge in [-0.2, -0.15) is 8.42 Å². The van der Waals surface area contributed by atoms with Gasteiger partial charge in [0, 0.05) is 71.0 Å². The van der Waals surface area contributed by atoms with Crippen LogP contribution in [0.4, 0.5) is 17.1 Å². The van der Waals surface area contributed by atoms with Crippen molar-refractivity contribution in [2.75, 3.05) is 41.7 Å². The van der Waals surface area contributed by atoms with Gasteiger partial charge in [0.2, 0.25) is 5.91 Å². The molecule has 4 aliphatic rings. The molecular formula is C58H65N3O10S3. The third kappa shape index (κ3) is 11.1. The van der Waals surface area contributed by atoms with Crippen molar-refractivity contribution >= 4 is 72.3 Å². The molecule has 3 amide bonds. The fourth-order valence-corrected chi connectivity index (χ4v) is 14.6. The molecule has 0 aliphatic carbocycles. The Balaban J connectivity index is 0.972. The van der Waals surface area contributed by atoms with Crippen molar-refractivity contribution in [2.24, 2.45) is 0 Å². The number of fused-ring (bicyclic) bond motifs is 8. The van der Waals surface area contributed by atoms with Crippen LogP contribution < -0.4 is 28.9 Å². The van der Waals surface area contributed by atoms with Gasteiger partial charge in [-0.15, -0.1) is 0 Å². The maximum Gasteiger partial charge on any atom is 0.272 e. The molecule has 9 rings (SSSR count). The number of aryl methyl sites for hydroxylation is 2. The van der Waals surface area contributed by atoms with E-state index >= 15 is 0 Å². The minimum Gasteiger partial charge on any atom is -0.493 e. The van der Waals surface area contributed by atoms with Crippen LogP contribution in [0, 0.1) is 6.92 Å². The van der Waals surface area contributed by atoms with Crippen molar-refractivity contribution < 1.29 is 46.0 Å². The Hall–Kier alpha value is -5.81. The van der Waals surface area contributed by atoms with E-state index in [-0.39, 0.29) is 53.9 Å². The fraction of sp³-hybridized carbons (Fsp3) is 0.414. The molecule has 13 nitrogen and oxygen atoms in total. The summed E-state index contributed by atoms with van der Waals surface area (Å²) in [5.41, 5.74) is 9.06. The molecule has 74 heavy (non-hydrogen) atoms. The number of amides is 3. The van der Waals surface area contributed by atoms with Crippen molar-refractivity contribution in [1.82, 2.24) is 0 Å². The number of carbonyl (C=O) groups excluding carboxylic acids is 4. The fourth-order valence-electron chi connectivity index (χ4n) is 10.7. The summed E-state index contributed by atoms with van der Waals surface area (Å²) in [5, 5.41) is -1.02. The van der Waals surface area contributed by atoms with Crippen molar-refractivity contribution in [1.29, 1.82) is 0 Å². The molecule has 0 saturated heterocycles. The van der Waals surface area contributed by atoms with E-state index in [1.807, 2.05) is 85.5 Å². The number of ether oxygens (including phenoxy) is 3. The molecule has 16 heteroatoms. The van der Waals surface area contributed by atoms with Gasteiger partial charge in [0.05, 0.1) is 20.3 Å². The summed E-state index contributed by atoms with van der Waals surface area (Å²) in [4.78, 5) is 59.7. The molecule has 0 aromatic heterocycles. The lowest BCUT2D eigenvalue weighted by Gasteiger charge is -2.28. The molecule has 0 N–H and O–H groups in total. The molecule has 0 radical (unpaired) electrons. The van der Waals surface area contributed by atoms with Crippen LogP contribution in [0.3, 0.4) is 0 Å². The average molecular weight is 1060 g/mol. The molecule has 0 spiro atoms. The number of benzene rings is 5. The second kappa shape index (κ2) is 22.2. The van der Waals surface area contributed by atoms with E-state index in [9.17, 15) is 27.6 Å². The summed E-state index contributed by atoms with van der Waals surface area (Å²) >= 11 is 0. The van der Waals surface area contributed by atoms with Gasteiger partial charge in [-0.1, -0.05) is 64.9 Å². The summed E-state index contributed by atoms with van der Waals surface area (Å²) in [5.74, 6) is 2.18. The lowest BCUT2D eigenvalue weighted by Crippen LogP contribution is -2.47. The highest BCUT2D eigenvalue weighted by atomic mass is 33.1. The lowest BCUT2D eigenvalue weighted by molar-refractivity contribution is -0.119. The smallest absolute Gasteiger partial charge is 0.272 e. The van der Waals surface area contributed by atoms with E-state index in [1.165, 1.54) is 5.56 Å². The zero-order valence-corrected chi connectivity index (χ0v) is 45.7. The summed E-state index contributed by atoms with van der Waals surface area (Å²) in [6.45, 7) is 8.21. The minimum atomic E-state index is -4.08. The van der Waals surface area contributed by atoms with E-state index in [4.69, 9.17) is 18.4 Å². The van der Waals surface area contributed by atoms with Gasteiger partial charge in [-0.25, -0.2) is 0 Å². The van der Waals surface area contributed by atoms with Crippen LogP contribution in [0.2, 0.25) is 0 Å². The van der Waals surface area contributed by atoms with Crippen LogP contribution in [0.1, 0.15) is 119 Å². The monoisotopic (exact) mass is 1060 g/mol. The highest BCUT2D eigenvalue weighted by molar-refractivity contribution is 8.77. The zero-order valence-electron chi connectivity index (χ0n) is 43.2. The summed E-state index contributed by atoms with van der Waals surface area (Å²) in [6, 6.07) is 28.1. The van der Waals surface area contributed by atoms with E-state index in [0.717, 1.165) is 60.1 Å². The molecule has 1 unspecified atom stereocenters. The van der Waals surface area contributed by atoms with Crippen molar-refractivity contribution in [3.8, 4) is 17.2 Å². The predicted octanol–water partition coefficient (Wildman–Crippen LogP) is 10.8. The Morgan fingerprint density at radius 3 is 2.08 bits per heavy atom. The topological polar surface area (TPSA) is 149 Å². The Labute approximate surface area is 443 Å². The summed E-state index contributed by atoms with van der Waals surface area (Å²) < 4.78 is 51.2. The van der Waals surface area contributed by atoms with Gasteiger partial charge < -0.3 is 28.9 Å². The van der Waals surface area contributed by atoms with Crippen LogP contribution in [0.15, 0.2) is 91.0 Å². The van der Waals surface area contributed by atoms with E-state index in [0.29, 0.717) is 89.4 Å². The van der Waals surface area contributed by atoms with Crippen LogP contribution in [-0.4, -0.2) is 81.0 Å². The van der Waals surface area contributed by atoms with Gasteiger partial charge in [-0.05, 0) is 159 Å². The molecule has 4 heterocycles. The van der Waals surface area contributed by atoms with Crippen molar-refractivity contribution in [2.45, 2.75) is 127 Å². The molecular weight excluding hydrogens is 995 g/mol. The molecule has 0 fully saturated rings. The molecule has 5 aromatic carbocycles. The third-order valence-electron chi connectivity index (χ3n) is 14.9. The van der Waals surface area contributed by atoms with Crippen LogP contribution in [-0.2, 0) is 62.8 Å². The number of Topliss-reactive ketones (excluding diaryl/α,β-unsaturated/α-hetero) is 1. The number of nitrogens with zero attached hydrogens (tertiary/aromatic N) is 3. The summed E-state index contributed by atoms with van der Waals surface area (Å²) in [7, 11) is 3.90. The van der Waals surface area contributed by atoms with Crippen molar-refractivity contribution in [3.63, 3.8) is 0 Å². The second-order valence-corrected chi connectivity index (χ2v) is 25.4. The predicted molar refractivity (Wildman–Crippen MR) is 294 cm³/mol. The highest BCUT2D eigenvalue weighted by Gasteiger charge is 2.48. The van der Waals surface area contributed by atoms with Gasteiger partial charge in [-0.3, -0.25) is 23.4 Å². The molecule has 4 aliphatic heterocycles. The lowest BCUT2D eigenvalue weighted by atomic mass is 9.97. The number of ketones is 1. The van der Waals surface area contributed by atoms with Gasteiger partial charge in [0.1, 0.15) is 30.0 Å². The first-order valence-corrected chi connectivity index (χ1v) is 29.2. The van der Waals surface area contributed by atoms with E-state index in [1.54, 1.807) is 63.7 Å². The minimum absolute atomic E-state index is 0.0496. The largest absolute Gasteiger partial charge is 0.493 e. The Bertz CT molecular complexity index is 3100. The number of hydrogen-bond donors (Lipinski definition) is 0. The number of methoxy groups -OCH3 is 1. The van der Waals surface area contributed by atoms with E-state index < -0.39 is 21.4 Å². The molecule has 0 saturated carbocycles. The number of carbonyl (C=O) groups is 4. The Kier molecular flexibility index (Phi) is 15.9. The molecule has 390 valence electrons. The standard InChI is InChI=1S/C58H65N3O10S3/c1-8-45(62)16-13-23-72-73-58(3,4)22-21-55(63)59(5)44-26-37(25-38(27-44)35-71-53-30-39-19-20-43-28-40-14-9-11-17-48(40)60(43)56(64)47(39)33-52(53)68-6)34-70-51-31-42-32-54(74(66,67)69-7)50-29-41-15-10-12-18-49(41)61(50)57(65)46(42)24-36(51)2/h9-12,14-15,17-18,24-27,30-31,33,43,50,54H,8,13,16,19-23,28-29,32,34-35H2,1-7H3/t43-,50+,54?/m1/s1.